The molecule has 0 spiro atoms. The molecule has 2 N–H and O–H groups in total. The fraction of sp³-hybridized carbons (Fsp3) is 0.294. The van der Waals surface area contributed by atoms with Crippen LogP contribution in [0.5, 0.6) is 0 Å². The van der Waals surface area contributed by atoms with Crippen LogP contribution in [0, 0.1) is 5.82 Å². The number of pyridine rings is 1. The van der Waals surface area contributed by atoms with Crippen molar-refractivity contribution in [2.24, 2.45) is 0 Å². The molecule has 0 saturated heterocycles. The zero-order valence-electron chi connectivity index (χ0n) is 14.5. The molecule has 0 fully saturated rings. The number of imide groups is 1. The topological polar surface area (TPSA) is 98.4 Å². The van der Waals surface area contributed by atoms with E-state index in [0.717, 1.165) is 16.4 Å². The minimum Gasteiger partial charge on any atom is -0.443 e. The Labute approximate surface area is 153 Å². The summed E-state index contributed by atoms with van der Waals surface area (Å²) in [4.78, 5) is 30.5. The normalized spacial score (nSPS) is 13.7. The van der Waals surface area contributed by atoms with Gasteiger partial charge in [0, 0.05) is 5.56 Å². The molecule has 2 aromatic heterocycles. The molecule has 1 aliphatic heterocycles. The second-order valence-corrected chi connectivity index (χ2v) is 7.51. The summed E-state index contributed by atoms with van der Waals surface area (Å²) in [6, 6.07) is 1.67. The van der Waals surface area contributed by atoms with Crippen molar-refractivity contribution in [2.75, 3.05) is 5.73 Å². The monoisotopic (exact) mass is 376 g/mol. The molecule has 1 aliphatic rings. The van der Waals surface area contributed by atoms with Crippen LogP contribution in [-0.4, -0.2) is 31.9 Å². The standard InChI is InChI=1S/C17H17FN4O3S/c1-5-8-6-10(26-21-8)13-11-9(12(18)14(19)20-13)7-22(15(11)23)16(24)25-17(2,3)4/h5-6H,1,7H2,2-4H3,(H2,19,20). The minimum absolute atomic E-state index is 0.00169. The van der Waals surface area contributed by atoms with Gasteiger partial charge in [-0.15, -0.1) is 0 Å². The molecule has 9 heteroatoms. The lowest BCUT2D eigenvalue weighted by atomic mass is 10.1. The van der Waals surface area contributed by atoms with Crippen molar-refractivity contribution in [1.82, 2.24) is 14.3 Å². The van der Waals surface area contributed by atoms with Gasteiger partial charge < -0.3 is 10.5 Å². The largest absolute Gasteiger partial charge is 0.443 e. The summed E-state index contributed by atoms with van der Waals surface area (Å²) in [5.41, 5.74) is 5.70. The average Bonchev–Trinajstić information content (AvgIpc) is 3.14. The number of anilines is 1. The smallest absolute Gasteiger partial charge is 0.417 e. The number of rotatable bonds is 2. The summed E-state index contributed by atoms with van der Waals surface area (Å²) in [5, 5.41) is 0. The number of nitrogens with two attached hydrogens (primary N) is 1. The molecule has 136 valence electrons. The molecule has 26 heavy (non-hydrogen) atoms. The number of carbonyl (C=O) groups is 2. The van der Waals surface area contributed by atoms with Gasteiger partial charge in [0.1, 0.15) is 5.60 Å². The molecule has 0 saturated carbocycles. The summed E-state index contributed by atoms with van der Waals surface area (Å²) in [7, 11) is 0. The number of carbonyl (C=O) groups excluding carboxylic acids is 2. The van der Waals surface area contributed by atoms with Gasteiger partial charge in [0.25, 0.3) is 5.91 Å². The van der Waals surface area contributed by atoms with Gasteiger partial charge in [-0.2, -0.15) is 4.37 Å². The highest BCUT2D eigenvalue weighted by molar-refractivity contribution is 7.09. The molecule has 0 bridgehead atoms. The van der Waals surface area contributed by atoms with Crippen LogP contribution in [0.25, 0.3) is 16.6 Å². The first-order valence-electron chi connectivity index (χ1n) is 7.74. The van der Waals surface area contributed by atoms with E-state index < -0.39 is 23.4 Å². The molecule has 7 nitrogen and oxygen atoms in total. The second-order valence-electron chi connectivity index (χ2n) is 6.70. The zero-order valence-corrected chi connectivity index (χ0v) is 15.3. The molecule has 0 aliphatic carbocycles. The number of halogens is 1. The number of fused-ring (bicyclic) bond motifs is 1. The maximum atomic E-state index is 14.5. The number of amides is 2. The summed E-state index contributed by atoms with van der Waals surface area (Å²) in [6.45, 7) is 8.40. The Morgan fingerprint density at radius 3 is 2.77 bits per heavy atom. The third-order valence-corrected chi connectivity index (χ3v) is 4.43. The second kappa shape index (κ2) is 6.17. The Hall–Kier alpha value is -2.81. The Balaban J connectivity index is 2.08. The van der Waals surface area contributed by atoms with Crippen LogP contribution in [0.1, 0.15) is 42.4 Å². The number of hydrogen-bond donors (Lipinski definition) is 1. The minimum atomic E-state index is -0.848. The number of nitrogen functional groups attached to an aromatic ring is 1. The molecule has 3 rings (SSSR count). The van der Waals surface area contributed by atoms with Crippen molar-refractivity contribution >= 4 is 35.4 Å². The quantitative estimate of drug-likeness (QED) is 0.862. The number of hydrogen-bond acceptors (Lipinski definition) is 7. The molecule has 0 aromatic carbocycles. The third kappa shape index (κ3) is 3.05. The van der Waals surface area contributed by atoms with E-state index in [1.165, 1.54) is 0 Å². The highest BCUT2D eigenvalue weighted by atomic mass is 32.1. The predicted molar refractivity (Wildman–Crippen MR) is 95.9 cm³/mol. The van der Waals surface area contributed by atoms with Crippen molar-refractivity contribution in [3.63, 3.8) is 0 Å². The molecule has 2 amide bonds. The van der Waals surface area contributed by atoms with E-state index >= 15 is 0 Å². The van der Waals surface area contributed by atoms with E-state index in [1.54, 1.807) is 32.9 Å². The molecule has 0 atom stereocenters. The van der Waals surface area contributed by atoms with Crippen molar-refractivity contribution in [3.8, 4) is 10.6 Å². The highest BCUT2D eigenvalue weighted by Gasteiger charge is 2.40. The fourth-order valence-electron chi connectivity index (χ4n) is 2.52. The van der Waals surface area contributed by atoms with E-state index in [4.69, 9.17) is 10.5 Å². The Kier molecular flexibility index (Phi) is 4.27. The highest BCUT2D eigenvalue weighted by Crippen LogP contribution is 2.37. The van der Waals surface area contributed by atoms with Gasteiger partial charge in [-0.05, 0) is 44.4 Å². The van der Waals surface area contributed by atoms with Crippen LogP contribution in [0.4, 0.5) is 15.0 Å². The third-order valence-electron chi connectivity index (χ3n) is 3.62. The maximum absolute atomic E-state index is 14.5. The van der Waals surface area contributed by atoms with Gasteiger partial charge in [-0.25, -0.2) is 19.1 Å². The maximum Gasteiger partial charge on any atom is 0.417 e. The first-order valence-corrected chi connectivity index (χ1v) is 8.52. The van der Waals surface area contributed by atoms with Crippen LogP contribution in [0.15, 0.2) is 12.6 Å². The van der Waals surface area contributed by atoms with Crippen LogP contribution in [-0.2, 0) is 11.3 Å². The zero-order chi connectivity index (χ0) is 19.2. The molecular weight excluding hydrogens is 359 g/mol. The summed E-state index contributed by atoms with van der Waals surface area (Å²) in [5.74, 6) is -1.83. The van der Waals surface area contributed by atoms with Crippen molar-refractivity contribution in [3.05, 3.63) is 35.3 Å². The molecule has 0 unspecified atom stereocenters. The SMILES string of the molecule is C=Cc1cc(-c2nc(N)c(F)c3c2C(=O)N(C(=O)OC(C)(C)C)C3)sn1. The first kappa shape index (κ1) is 18.0. The lowest BCUT2D eigenvalue weighted by Gasteiger charge is -2.23. The van der Waals surface area contributed by atoms with Crippen molar-refractivity contribution < 1.29 is 18.7 Å². The van der Waals surface area contributed by atoms with Gasteiger partial charge in [0.05, 0.1) is 28.4 Å². The summed E-state index contributed by atoms with van der Waals surface area (Å²) >= 11 is 1.08. The van der Waals surface area contributed by atoms with Gasteiger partial charge in [0.15, 0.2) is 11.6 Å². The van der Waals surface area contributed by atoms with Crippen molar-refractivity contribution in [1.29, 1.82) is 0 Å². The lowest BCUT2D eigenvalue weighted by Crippen LogP contribution is -2.37. The van der Waals surface area contributed by atoms with Crippen LogP contribution < -0.4 is 5.73 Å². The number of ether oxygens (including phenoxy) is 1. The number of aromatic nitrogens is 2. The predicted octanol–water partition coefficient (Wildman–Crippen LogP) is 3.46. The van der Waals surface area contributed by atoms with Crippen LogP contribution >= 0.6 is 11.5 Å². The van der Waals surface area contributed by atoms with Gasteiger partial charge in [-0.1, -0.05) is 6.58 Å². The van der Waals surface area contributed by atoms with E-state index in [2.05, 4.69) is 15.9 Å². The molecule has 0 radical (unpaired) electrons. The van der Waals surface area contributed by atoms with Gasteiger partial charge in [-0.3, -0.25) is 4.79 Å². The van der Waals surface area contributed by atoms with Crippen LogP contribution in [0.2, 0.25) is 0 Å². The van der Waals surface area contributed by atoms with Crippen molar-refractivity contribution in [2.45, 2.75) is 32.9 Å². The Morgan fingerprint density at radius 2 is 2.19 bits per heavy atom. The van der Waals surface area contributed by atoms with E-state index in [0.29, 0.717) is 10.6 Å². The fourth-order valence-corrected chi connectivity index (χ4v) is 3.25. The van der Waals surface area contributed by atoms with E-state index in [1.807, 2.05) is 0 Å². The lowest BCUT2D eigenvalue weighted by molar-refractivity contribution is 0.0247. The van der Waals surface area contributed by atoms with E-state index in [9.17, 15) is 14.0 Å². The van der Waals surface area contributed by atoms with E-state index in [-0.39, 0.29) is 29.2 Å². The first-order chi connectivity index (χ1) is 12.1. The molecule has 2 aromatic rings. The average molecular weight is 376 g/mol. The van der Waals surface area contributed by atoms with Crippen LogP contribution in [0.3, 0.4) is 0 Å². The molecule has 3 heterocycles. The Bertz CT molecular complexity index is 933. The Morgan fingerprint density at radius 1 is 1.50 bits per heavy atom. The molecular formula is C17H17FN4O3S. The summed E-state index contributed by atoms with van der Waals surface area (Å²) < 4.78 is 23.8. The van der Waals surface area contributed by atoms with Gasteiger partial charge in [0.2, 0.25) is 0 Å². The van der Waals surface area contributed by atoms with Gasteiger partial charge >= 0.3 is 6.09 Å². The number of nitrogens with zero attached hydrogens (tertiary/aromatic N) is 3. The summed E-state index contributed by atoms with van der Waals surface area (Å²) in [6.07, 6.45) is 0.695.